The molecule has 0 atom stereocenters. The van der Waals surface area contributed by atoms with Crippen LogP contribution < -0.4 is 10.6 Å². The Balaban J connectivity index is 1.85. The molecule has 2 aromatic carbocycles. The van der Waals surface area contributed by atoms with Crippen molar-refractivity contribution < 1.29 is 14.3 Å². The highest BCUT2D eigenvalue weighted by Gasteiger charge is 2.20. The smallest absolute Gasteiger partial charge is 0.341 e. The fourth-order valence-corrected chi connectivity index (χ4v) is 3.66. The molecular formula is C20H17ClN2O3S. The molecule has 3 aromatic rings. The first kappa shape index (κ1) is 18.9. The van der Waals surface area contributed by atoms with E-state index in [1.54, 1.807) is 37.3 Å². The number of ether oxygens (including phenoxy) is 1. The van der Waals surface area contributed by atoms with Gasteiger partial charge in [-0.25, -0.2) is 9.59 Å². The van der Waals surface area contributed by atoms with E-state index in [2.05, 4.69) is 10.6 Å². The summed E-state index contributed by atoms with van der Waals surface area (Å²) in [5, 5.41) is 6.37. The molecule has 0 radical (unpaired) electrons. The van der Waals surface area contributed by atoms with E-state index in [-0.39, 0.29) is 6.61 Å². The summed E-state index contributed by atoms with van der Waals surface area (Å²) in [4.78, 5) is 25.5. The first-order valence-electron chi connectivity index (χ1n) is 8.26. The number of nitrogens with one attached hydrogen (secondary N) is 2. The summed E-state index contributed by atoms with van der Waals surface area (Å²) in [6, 6.07) is 17.7. The topological polar surface area (TPSA) is 67.4 Å². The fourth-order valence-electron chi connectivity index (χ4n) is 2.42. The third kappa shape index (κ3) is 4.87. The highest BCUT2D eigenvalue weighted by molar-refractivity contribution is 7.20. The van der Waals surface area contributed by atoms with E-state index in [1.807, 2.05) is 30.3 Å². The number of carbonyl (C=O) groups excluding carboxylic acids is 2. The van der Waals surface area contributed by atoms with Crippen LogP contribution in [0.4, 0.5) is 15.5 Å². The normalized spacial score (nSPS) is 10.3. The summed E-state index contributed by atoms with van der Waals surface area (Å²) in [7, 11) is 0. The molecule has 0 aliphatic heterocycles. The Bertz CT molecular complexity index is 957. The monoisotopic (exact) mass is 400 g/mol. The van der Waals surface area contributed by atoms with E-state index >= 15 is 0 Å². The molecule has 1 aromatic heterocycles. The first-order valence-corrected chi connectivity index (χ1v) is 9.46. The van der Waals surface area contributed by atoms with Gasteiger partial charge in [0, 0.05) is 15.6 Å². The van der Waals surface area contributed by atoms with Gasteiger partial charge >= 0.3 is 12.0 Å². The van der Waals surface area contributed by atoms with Crippen molar-refractivity contribution in [1.82, 2.24) is 0 Å². The highest BCUT2D eigenvalue weighted by Crippen LogP contribution is 2.36. The lowest BCUT2D eigenvalue weighted by Gasteiger charge is -2.08. The van der Waals surface area contributed by atoms with Gasteiger partial charge in [0.2, 0.25) is 0 Å². The van der Waals surface area contributed by atoms with E-state index < -0.39 is 12.0 Å². The Kier molecular flexibility index (Phi) is 6.11. The molecule has 0 saturated heterocycles. The maximum Gasteiger partial charge on any atom is 0.341 e. The lowest BCUT2D eigenvalue weighted by Crippen LogP contribution is -2.20. The summed E-state index contributed by atoms with van der Waals surface area (Å²) in [6.07, 6.45) is 0. The number of rotatable bonds is 5. The number of thiophene rings is 1. The minimum Gasteiger partial charge on any atom is -0.462 e. The molecule has 7 heteroatoms. The van der Waals surface area contributed by atoms with Crippen LogP contribution in [0.3, 0.4) is 0 Å². The minimum absolute atomic E-state index is 0.253. The van der Waals surface area contributed by atoms with E-state index in [0.717, 1.165) is 10.4 Å². The summed E-state index contributed by atoms with van der Waals surface area (Å²) in [5.74, 6) is -0.478. The maximum atomic E-state index is 12.4. The molecule has 2 amide bonds. The Morgan fingerprint density at radius 3 is 2.52 bits per heavy atom. The predicted octanol–water partition coefficient (Wildman–Crippen LogP) is 5.89. The average molecular weight is 401 g/mol. The van der Waals surface area contributed by atoms with Gasteiger partial charge in [0.15, 0.2) is 0 Å². The second-order valence-corrected chi connectivity index (χ2v) is 7.02. The van der Waals surface area contributed by atoms with Gasteiger partial charge in [-0.1, -0.05) is 48.0 Å². The molecule has 0 spiro atoms. The largest absolute Gasteiger partial charge is 0.462 e. The van der Waals surface area contributed by atoms with Gasteiger partial charge in [0.25, 0.3) is 0 Å². The predicted molar refractivity (Wildman–Crippen MR) is 110 cm³/mol. The summed E-state index contributed by atoms with van der Waals surface area (Å²) in [5.41, 5.74) is 1.83. The molecule has 5 nitrogen and oxygen atoms in total. The van der Waals surface area contributed by atoms with E-state index in [1.165, 1.54) is 11.3 Å². The fraction of sp³-hybridized carbons (Fsp3) is 0.100. The van der Waals surface area contributed by atoms with Crippen LogP contribution in [-0.2, 0) is 4.74 Å². The van der Waals surface area contributed by atoms with Crippen LogP contribution in [0.25, 0.3) is 10.4 Å². The number of esters is 1. The SMILES string of the molecule is CCOC(=O)c1cc(-c2ccccc2)sc1NC(=O)Nc1cccc(Cl)c1. The molecule has 2 N–H and O–H groups in total. The number of anilines is 2. The van der Waals surface area contributed by atoms with Crippen LogP contribution in [0.15, 0.2) is 60.7 Å². The Morgan fingerprint density at radius 2 is 1.81 bits per heavy atom. The van der Waals surface area contributed by atoms with Crippen molar-refractivity contribution in [3.05, 3.63) is 71.2 Å². The molecule has 0 aliphatic carbocycles. The van der Waals surface area contributed by atoms with Crippen LogP contribution in [-0.4, -0.2) is 18.6 Å². The van der Waals surface area contributed by atoms with Crippen LogP contribution in [0.2, 0.25) is 5.02 Å². The first-order chi connectivity index (χ1) is 13.1. The van der Waals surface area contributed by atoms with Crippen molar-refractivity contribution in [3.63, 3.8) is 0 Å². The summed E-state index contributed by atoms with van der Waals surface area (Å²) >= 11 is 7.24. The van der Waals surface area contributed by atoms with Crippen molar-refractivity contribution in [2.24, 2.45) is 0 Å². The van der Waals surface area contributed by atoms with Gasteiger partial charge in [-0.2, -0.15) is 0 Å². The van der Waals surface area contributed by atoms with Gasteiger partial charge in [-0.15, -0.1) is 11.3 Å². The molecule has 1 heterocycles. The second kappa shape index (κ2) is 8.70. The number of carbonyl (C=O) groups is 2. The Hall–Kier alpha value is -2.83. The van der Waals surface area contributed by atoms with Crippen LogP contribution in [0.1, 0.15) is 17.3 Å². The molecule has 0 fully saturated rings. The maximum absolute atomic E-state index is 12.4. The van der Waals surface area contributed by atoms with Gasteiger partial charge < -0.3 is 10.1 Å². The van der Waals surface area contributed by atoms with E-state index in [9.17, 15) is 9.59 Å². The van der Waals surface area contributed by atoms with Gasteiger partial charge in [0.05, 0.1) is 12.2 Å². The average Bonchev–Trinajstić information content (AvgIpc) is 3.06. The third-order valence-corrected chi connectivity index (χ3v) is 4.93. The van der Waals surface area contributed by atoms with Crippen LogP contribution in [0.5, 0.6) is 0 Å². The highest BCUT2D eigenvalue weighted by atomic mass is 35.5. The van der Waals surface area contributed by atoms with Crippen molar-refractivity contribution >= 4 is 45.6 Å². The number of benzene rings is 2. The Labute approximate surface area is 165 Å². The standard InChI is InChI=1S/C20H17ClN2O3S/c1-2-26-19(24)16-12-17(13-7-4-3-5-8-13)27-18(16)23-20(25)22-15-10-6-9-14(21)11-15/h3-12H,2H2,1H3,(H2,22,23,25). The van der Waals surface area contributed by atoms with Crippen molar-refractivity contribution in [2.45, 2.75) is 6.92 Å². The Morgan fingerprint density at radius 1 is 1.04 bits per heavy atom. The number of amides is 2. The van der Waals surface area contributed by atoms with Gasteiger partial charge in [-0.05, 0) is 36.8 Å². The van der Waals surface area contributed by atoms with E-state index in [0.29, 0.717) is 21.3 Å². The van der Waals surface area contributed by atoms with Crippen molar-refractivity contribution in [1.29, 1.82) is 0 Å². The molecule has 0 unspecified atom stereocenters. The molecule has 0 bridgehead atoms. The van der Waals surface area contributed by atoms with Crippen LogP contribution >= 0.6 is 22.9 Å². The van der Waals surface area contributed by atoms with Gasteiger partial charge in [0.1, 0.15) is 5.00 Å². The molecular weight excluding hydrogens is 384 g/mol. The lowest BCUT2D eigenvalue weighted by atomic mass is 10.1. The zero-order valence-corrected chi connectivity index (χ0v) is 16.1. The molecule has 3 rings (SSSR count). The lowest BCUT2D eigenvalue weighted by molar-refractivity contribution is 0.0528. The van der Waals surface area contributed by atoms with E-state index in [4.69, 9.17) is 16.3 Å². The third-order valence-electron chi connectivity index (χ3n) is 3.60. The number of hydrogen-bond donors (Lipinski definition) is 2. The zero-order chi connectivity index (χ0) is 19.2. The minimum atomic E-state index is -0.478. The van der Waals surface area contributed by atoms with Crippen molar-refractivity contribution in [2.75, 3.05) is 17.2 Å². The number of halogens is 1. The summed E-state index contributed by atoms with van der Waals surface area (Å²) in [6.45, 7) is 1.99. The summed E-state index contributed by atoms with van der Waals surface area (Å²) < 4.78 is 5.11. The molecule has 0 saturated carbocycles. The van der Waals surface area contributed by atoms with Gasteiger partial charge in [-0.3, -0.25) is 5.32 Å². The molecule has 0 aliphatic rings. The zero-order valence-electron chi connectivity index (χ0n) is 14.5. The second-order valence-electron chi connectivity index (χ2n) is 5.53. The molecule has 138 valence electrons. The molecule has 27 heavy (non-hydrogen) atoms. The quantitative estimate of drug-likeness (QED) is 0.525. The number of hydrogen-bond acceptors (Lipinski definition) is 4. The van der Waals surface area contributed by atoms with Crippen LogP contribution in [0, 0.1) is 0 Å². The number of urea groups is 1. The van der Waals surface area contributed by atoms with Crippen molar-refractivity contribution in [3.8, 4) is 10.4 Å².